The maximum atomic E-state index is 11.2. The minimum atomic E-state index is -0.848. The van der Waals surface area contributed by atoms with Gasteiger partial charge in [-0.1, -0.05) is 36.4 Å². The Bertz CT molecular complexity index is 831. The van der Waals surface area contributed by atoms with Crippen molar-refractivity contribution in [2.45, 2.75) is 13.3 Å². The van der Waals surface area contributed by atoms with E-state index in [0.717, 1.165) is 31.9 Å². The van der Waals surface area contributed by atoms with Gasteiger partial charge in [-0.2, -0.15) is 0 Å². The van der Waals surface area contributed by atoms with Gasteiger partial charge in [-0.25, -0.2) is 4.98 Å². The molecule has 4 heteroatoms. The van der Waals surface area contributed by atoms with E-state index < -0.39 is 5.97 Å². The summed E-state index contributed by atoms with van der Waals surface area (Å²) in [7, 11) is 0. The Kier molecular flexibility index (Phi) is 4.02. The molecule has 0 atom stereocenters. The highest BCUT2D eigenvalue weighted by Crippen LogP contribution is 2.30. The van der Waals surface area contributed by atoms with Crippen LogP contribution in [0.15, 0.2) is 48.5 Å². The number of hydrogen-bond acceptors (Lipinski definition) is 3. The maximum Gasteiger partial charge on any atom is 0.307 e. The van der Waals surface area contributed by atoms with E-state index in [4.69, 9.17) is 0 Å². The molecule has 0 aliphatic carbocycles. The number of benzene rings is 2. The molecular formula is C18H15NO2S. The number of fused-ring (bicyclic) bond motifs is 1. The number of aromatic nitrogens is 1. The molecule has 1 heterocycles. The number of carboxylic acid groups (broad SMARTS) is 1. The molecule has 0 amide bonds. The standard InChI is InChI=1S/C18H15NO2S/c1-12-6-2-3-7-13(12)10-14(11-17(20)21)18-19-15-8-4-5-9-16(15)22-18/h2-10H,11H2,1H3,(H,20,21). The third-order valence-electron chi connectivity index (χ3n) is 3.43. The summed E-state index contributed by atoms with van der Waals surface area (Å²) in [5.41, 5.74) is 3.79. The predicted octanol–water partition coefficient (Wildman–Crippen LogP) is 4.62. The molecule has 0 aliphatic heterocycles. The number of hydrogen-bond donors (Lipinski definition) is 1. The summed E-state index contributed by atoms with van der Waals surface area (Å²) in [5.74, 6) is -0.848. The van der Waals surface area contributed by atoms with Gasteiger partial charge in [0.05, 0.1) is 16.6 Å². The number of carboxylic acids is 1. The van der Waals surface area contributed by atoms with Crippen molar-refractivity contribution in [3.05, 3.63) is 64.7 Å². The molecule has 0 fully saturated rings. The molecule has 110 valence electrons. The van der Waals surface area contributed by atoms with Gasteiger partial charge >= 0.3 is 5.97 Å². The average molecular weight is 309 g/mol. The van der Waals surface area contributed by atoms with Crippen LogP contribution in [0.25, 0.3) is 21.9 Å². The van der Waals surface area contributed by atoms with E-state index in [-0.39, 0.29) is 6.42 Å². The fourth-order valence-corrected chi connectivity index (χ4v) is 3.28. The number of aliphatic carboxylic acids is 1. The Morgan fingerprint density at radius 3 is 2.64 bits per heavy atom. The van der Waals surface area contributed by atoms with Gasteiger partial charge in [0, 0.05) is 0 Å². The first-order valence-corrected chi connectivity index (χ1v) is 7.79. The Balaban J connectivity index is 2.10. The van der Waals surface area contributed by atoms with Crippen LogP contribution < -0.4 is 0 Å². The normalized spacial score (nSPS) is 11.8. The van der Waals surface area contributed by atoms with E-state index in [1.807, 2.05) is 61.5 Å². The van der Waals surface area contributed by atoms with Crippen LogP contribution >= 0.6 is 11.3 Å². The Labute approximate surface area is 132 Å². The summed E-state index contributed by atoms with van der Waals surface area (Å²) in [6.07, 6.45) is 1.90. The predicted molar refractivity (Wildman–Crippen MR) is 90.9 cm³/mol. The summed E-state index contributed by atoms with van der Waals surface area (Å²) in [5, 5.41) is 9.97. The lowest BCUT2D eigenvalue weighted by Gasteiger charge is -2.04. The molecule has 1 N–H and O–H groups in total. The van der Waals surface area contributed by atoms with Crippen molar-refractivity contribution in [1.82, 2.24) is 4.98 Å². The van der Waals surface area contributed by atoms with Gasteiger partial charge in [0.15, 0.2) is 0 Å². The van der Waals surface area contributed by atoms with Crippen LogP contribution in [-0.2, 0) is 4.79 Å². The molecule has 0 saturated heterocycles. The first-order chi connectivity index (χ1) is 10.6. The third-order valence-corrected chi connectivity index (χ3v) is 4.54. The smallest absolute Gasteiger partial charge is 0.307 e. The molecule has 0 saturated carbocycles. The lowest BCUT2D eigenvalue weighted by atomic mass is 10.0. The summed E-state index contributed by atoms with van der Waals surface area (Å²) < 4.78 is 1.07. The molecule has 3 rings (SSSR count). The minimum Gasteiger partial charge on any atom is -0.481 e. The van der Waals surface area contributed by atoms with Crippen LogP contribution in [0, 0.1) is 6.92 Å². The minimum absolute atomic E-state index is 0.0336. The van der Waals surface area contributed by atoms with Gasteiger partial charge in [0.25, 0.3) is 0 Å². The lowest BCUT2D eigenvalue weighted by Crippen LogP contribution is -1.97. The fraction of sp³-hybridized carbons (Fsp3) is 0.111. The van der Waals surface area contributed by atoms with E-state index in [9.17, 15) is 9.90 Å². The van der Waals surface area contributed by atoms with Crippen molar-refractivity contribution < 1.29 is 9.90 Å². The van der Waals surface area contributed by atoms with Gasteiger partial charge in [-0.3, -0.25) is 4.79 Å². The summed E-state index contributed by atoms with van der Waals surface area (Å²) in [6.45, 7) is 2.02. The van der Waals surface area contributed by atoms with Crippen molar-refractivity contribution in [1.29, 1.82) is 0 Å². The van der Waals surface area contributed by atoms with E-state index in [1.165, 1.54) is 11.3 Å². The number of thiazole rings is 1. The van der Waals surface area contributed by atoms with Crippen LogP contribution in [0.3, 0.4) is 0 Å². The SMILES string of the molecule is Cc1ccccc1C=C(CC(=O)O)c1nc2ccccc2s1. The van der Waals surface area contributed by atoms with Gasteiger partial charge in [0.2, 0.25) is 0 Å². The highest BCUT2D eigenvalue weighted by molar-refractivity contribution is 7.19. The molecule has 1 aromatic heterocycles. The Hall–Kier alpha value is -2.46. The molecule has 22 heavy (non-hydrogen) atoms. The molecular weight excluding hydrogens is 294 g/mol. The summed E-state index contributed by atoms with van der Waals surface area (Å²) in [4.78, 5) is 15.8. The second kappa shape index (κ2) is 6.12. The Morgan fingerprint density at radius 1 is 1.18 bits per heavy atom. The third kappa shape index (κ3) is 3.07. The molecule has 0 radical (unpaired) electrons. The first kappa shape index (κ1) is 14.5. The van der Waals surface area contributed by atoms with E-state index in [2.05, 4.69) is 4.98 Å². The Morgan fingerprint density at radius 2 is 1.91 bits per heavy atom. The van der Waals surface area contributed by atoms with E-state index in [0.29, 0.717) is 0 Å². The number of nitrogens with zero attached hydrogens (tertiary/aromatic N) is 1. The van der Waals surface area contributed by atoms with Crippen molar-refractivity contribution in [3.63, 3.8) is 0 Å². The lowest BCUT2D eigenvalue weighted by molar-refractivity contribution is -0.135. The van der Waals surface area contributed by atoms with Crippen LogP contribution in [0.2, 0.25) is 0 Å². The second-order valence-corrected chi connectivity index (χ2v) is 6.11. The van der Waals surface area contributed by atoms with Crippen molar-refractivity contribution in [3.8, 4) is 0 Å². The monoisotopic (exact) mass is 309 g/mol. The molecule has 0 aliphatic rings. The molecule has 3 nitrogen and oxygen atoms in total. The van der Waals surface area contributed by atoms with Gasteiger partial charge < -0.3 is 5.11 Å². The van der Waals surface area contributed by atoms with Gasteiger partial charge in [0.1, 0.15) is 5.01 Å². The number of aryl methyl sites for hydroxylation is 1. The van der Waals surface area contributed by atoms with Crippen LogP contribution in [0.4, 0.5) is 0 Å². The van der Waals surface area contributed by atoms with Crippen LogP contribution in [-0.4, -0.2) is 16.1 Å². The zero-order valence-corrected chi connectivity index (χ0v) is 12.9. The van der Waals surface area contributed by atoms with Crippen LogP contribution in [0.1, 0.15) is 22.6 Å². The maximum absolute atomic E-state index is 11.2. The van der Waals surface area contributed by atoms with Crippen molar-refractivity contribution in [2.75, 3.05) is 0 Å². The molecule has 0 bridgehead atoms. The molecule has 2 aromatic carbocycles. The fourth-order valence-electron chi connectivity index (χ4n) is 2.30. The topological polar surface area (TPSA) is 50.2 Å². The van der Waals surface area contributed by atoms with E-state index in [1.54, 1.807) is 0 Å². The second-order valence-electron chi connectivity index (χ2n) is 5.08. The highest BCUT2D eigenvalue weighted by atomic mass is 32.1. The number of carbonyl (C=O) groups is 1. The molecule has 0 spiro atoms. The van der Waals surface area contributed by atoms with Crippen LogP contribution in [0.5, 0.6) is 0 Å². The van der Waals surface area contributed by atoms with E-state index >= 15 is 0 Å². The number of para-hydroxylation sites is 1. The zero-order chi connectivity index (χ0) is 15.5. The molecule has 0 unspecified atom stereocenters. The largest absolute Gasteiger partial charge is 0.481 e. The van der Waals surface area contributed by atoms with Crippen molar-refractivity contribution >= 4 is 39.2 Å². The highest BCUT2D eigenvalue weighted by Gasteiger charge is 2.12. The average Bonchev–Trinajstić information content (AvgIpc) is 2.92. The number of rotatable bonds is 4. The van der Waals surface area contributed by atoms with Gasteiger partial charge in [-0.05, 0) is 41.8 Å². The quantitative estimate of drug-likeness (QED) is 0.765. The molecule has 3 aromatic rings. The summed E-state index contributed by atoms with van der Waals surface area (Å²) in [6, 6.07) is 15.8. The first-order valence-electron chi connectivity index (χ1n) is 6.97. The zero-order valence-electron chi connectivity index (χ0n) is 12.1. The summed E-state index contributed by atoms with van der Waals surface area (Å²) >= 11 is 1.53. The van der Waals surface area contributed by atoms with Crippen molar-refractivity contribution in [2.24, 2.45) is 0 Å². The van der Waals surface area contributed by atoms with Gasteiger partial charge in [-0.15, -0.1) is 11.3 Å².